The summed E-state index contributed by atoms with van der Waals surface area (Å²) < 4.78 is 0. The highest BCUT2D eigenvalue weighted by atomic mass is 35.5. The van der Waals surface area contributed by atoms with Gasteiger partial charge in [0.05, 0.1) is 0 Å². The van der Waals surface area contributed by atoms with Gasteiger partial charge in [0.1, 0.15) is 5.54 Å². The number of hydrogen-bond donors (Lipinski definition) is 2. The summed E-state index contributed by atoms with van der Waals surface area (Å²) in [6.07, 6.45) is 2.46. The zero-order valence-electron chi connectivity index (χ0n) is 16.0. The van der Waals surface area contributed by atoms with Crippen molar-refractivity contribution in [1.82, 2.24) is 15.5 Å². The summed E-state index contributed by atoms with van der Waals surface area (Å²) in [7, 11) is 0. The molecule has 4 amide bonds. The lowest BCUT2D eigenvalue weighted by molar-refractivity contribution is -0.132. The average molecular weight is 405 g/mol. The maximum absolute atomic E-state index is 12.7. The molecule has 7 nitrogen and oxygen atoms in total. The third-order valence-electron chi connectivity index (χ3n) is 6.13. The summed E-state index contributed by atoms with van der Waals surface area (Å²) in [5.74, 6) is -0.0979. The molecular weight excluding hydrogens is 380 g/mol. The van der Waals surface area contributed by atoms with Crippen LogP contribution in [-0.4, -0.2) is 54.5 Å². The van der Waals surface area contributed by atoms with Crippen LogP contribution in [0.5, 0.6) is 0 Å². The minimum Gasteiger partial charge on any atom is -0.368 e. The molecule has 1 unspecified atom stereocenters. The van der Waals surface area contributed by atoms with Gasteiger partial charge in [-0.3, -0.25) is 14.9 Å². The maximum Gasteiger partial charge on any atom is 0.322 e. The third-order valence-corrected chi connectivity index (χ3v) is 6.54. The van der Waals surface area contributed by atoms with Gasteiger partial charge in [0, 0.05) is 43.3 Å². The van der Waals surface area contributed by atoms with E-state index in [2.05, 4.69) is 21.6 Å². The molecule has 1 saturated carbocycles. The molecule has 1 aliphatic carbocycles. The van der Waals surface area contributed by atoms with Crippen molar-refractivity contribution in [2.45, 2.75) is 38.1 Å². The molecule has 8 heteroatoms. The number of amides is 4. The average Bonchev–Trinajstić information content (AvgIpc) is 3.48. The number of imide groups is 1. The number of halogens is 1. The molecule has 0 bridgehead atoms. The van der Waals surface area contributed by atoms with E-state index in [1.807, 2.05) is 24.0 Å². The van der Waals surface area contributed by atoms with E-state index in [1.54, 1.807) is 0 Å². The second-order valence-corrected chi connectivity index (χ2v) is 8.36. The van der Waals surface area contributed by atoms with E-state index in [1.165, 1.54) is 0 Å². The van der Waals surface area contributed by atoms with E-state index < -0.39 is 11.6 Å². The summed E-state index contributed by atoms with van der Waals surface area (Å²) in [5, 5.41) is 5.87. The molecule has 4 rings (SSSR count). The summed E-state index contributed by atoms with van der Waals surface area (Å²) in [5.41, 5.74) is 1.22. The third kappa shape index (κ3) is 3.55. The lowest BCUT2D eigenvalue weighted by atomic mass is 9.87. The van der Waals surface area contributed by atoms with E-state index >= 15 is 0 Å². The molecule has 150 valence electrons. The van der Waals surface area contributed by atoms with Gasteiger partial charge in [-0.2, -0.15) is 0 Å². The fourth-order valence-electron chi connectivity index (χ4n) is 4.20. The monoisotopic (exact) mass is 404 g/mol. The summed E-state index contributed by atoms with van der Waals surface area (Å²) >= 11 is 6.23. The Kier molecular flexibility index (Phi) is 4.95. The van der Waals surface area contributed by atoms with Crippen LogP contribution in [0.2, 0.25) is 5.02 Å². The molecule has 0 spiro atoms. The first kappa shape index (κ1) is 19.1. The van der Waals surface area contributed by atoms with Gasteiger partial charge in [0.25, 0.3) is 5.91 Å². The number of carbonyl (C=O) groups is 3. The van der Waals surface area contributed by atoms with Crippen molar-refractivity contribution in [3.05, 3.63) is 28.8 Å². The first-order valence-corrected chi connectivity index (χ1v) is 10.2. The molecule has 0 aromatic heterocycles. The van der Waals surface area contributed by atoms with Crippen LogP contribution in [0.15, 0.2) is 18.2 Å². The number of anilines is 1. The molecule has 1 aromatic rings. The number of aryl methyl sites for hydroxylation is 1. The molecule has 3 fully saturated rings. The Morgan fingerprint density at radius 3 is 2.50 bits per heavy atom. The van der Waals surface area contributed by atoms with E-state index in [4.69, 9.17) is 11.6 Å². The molecule has 2 N–H and O–H groups in total. The van der Waals surface area contributed by atoms with Crippen molar-refractivity contribution >= 4 is 35.1 Å². The highest BCUT2D eigenvalue weighted by Crippen LogP contribution is 2.43. The van der Waals surface area contributed by atoms with Crippen LogP contribution in [0.25, 0.3) is 0 Å². The Bertz CT molecular complexity index is 818. The molecule has 2 aliphatic heterocycles. The summed E-state index contributed by atoms with van der Waals surface area (Å²) in [6.45, 7) is 4.75. The van der Waals surface area contributed by atoms with E-state index in [9.17, 15) is 14.4 Å². The van der Waals surface area contributed by atoms with Crippen molar-refractivity contribution in [2.75, 3.05) is 31.1 Å². The normalized spacial score (nSPS) is 24.9. The lowest BCUT2D eigenvalue weighted by Gasteiger charge is -2.37. The van der Waals surface area contributed by atoms with Crippen molar-refractivity contribution in [3.63, 3.8) is 0 Å². The van der Waals surface area contributed by atoms with Crippen molar-refractivity contribution < 1.29 is 14.4 Å². The number of benzene rings is 1. The van der Waals surface area contributed by atoms with E-state index in [0.717, 1.165) is 42.2 Å². The molecule has 2 saturated heterocycles. The number of urea groups is 1. The van der Waals surface area contributed by atoms with Crippen molar-refractivity contribution in [2.24, 2.45) is 5.92 Å². The van der Waals surface area contributed by atoms with Crippen molar-refractivity contribution in [1.29, 1.82) is 0 Å². The van der Waals surface area contributed by atoms with Crippen LogP contribution < -0.4 is 15.5 Å². The summed E-state index contributed by atoms with van der Waals surface area (Å²) in [4.78, 5) is 40.7. The fourth-order valence-corrected chi connectivity index (χ4v) is 4.38. The van der Waals surface area contributed by atoms with Gasteiger partial charge in [-0.05, 0) is 49.8 Å². The Morgan fingerprint density at radius 1 is 1.21 bits per heavy atom. The topological polar surface area (TPSA) is 81.8 Å². The maximum atomic E-state index is 12.7. The van der Waals surface area contributed by atoms with Gasteiger partial charge in [0.15, 0.2) is 0 Å². The zero-order chi connectivity index (χ0) is 19.9. The standard InChI is InChI=1S/C20H25ClN4O3/c1-13-2-5-15(12-16(13)21)24-8-10-25(11-9-24)17(26)6-7-20(14-3-4-14)18(27)22-19(28)23-20/h2,5,12,14H,3-4,6-11H2,1H3,(H2,22,23,27,28). The van der Waals surface area contributed by atoms with Crippen molar-refractivity contribution in [3.8, 4) is 0 Å². The molecule has 2 heterocycles. The van der Waals surface area contributed by atoms with Crippen LogP contribution >= 0.6 is 11.6 Å². The number of hydrogen-bond acceptors (Lipinski definition) is 4. The van der Waals surface area contributed by atoms with Crippen LogP contribution in [-0.2, 0) is 9.59 Å². The second kappa shape index (κ2) is 7.28. The summed E-state index contributed by atoms with van der Waals surface area (Å²) in [6, 6.07) is 5.58. The Morgan fingerprint density at radius 2 is 1.93 bits per heavy atom. The quantitative estimate of drug-likeness (QED) is 0.736. The zero-order valence-corrected chi connectivity index (χ0v) is 16.7. The predicted octanol–water partition coefficient (Wildman–Crippen LogP) is 2.07. The second-order valence-electron chi connectivity index (χ2n) is 7.96. The van der Waals surface area contributed by atoms with E-state index in [-0.39, 0.29) is 24.2 Å². The largest absolute Gasteiger partial charge is 0.368 e. The van der Waals surface area contributed by atoms with Gasteiger partial charge < -0.3 is 15.1 Å². The first-order valence-electron chi connectivity index (χ1n) is 9.81. The smallest absolute Gasteiger partial charge is 0.322 e. The Balaban J connectivity index is 1.32. The first-order chi connectivity index (χ1) is 13.4. The van der Waals surface area contributed by atoms with Crippen LogP contribution in [0.1, 0.15) is 31.2 Å². The predicted molar refractivity (Wildman–Crippen MR) is 106 cm³/mol. The fraction of sp³-hybridized carbons (Fsp3) is 0.550. The molecular formula is C20H25ClN4O3. The minimum absolute atomic E-state index is 0.0376. The number of rotatable bonds is 5. The number of nitrogens with zero attached hydrogens (tertiary/aromatic N) is 2. The highest BCUT2D eigenvalue weighted by Gasteiger charge is 2.55. The number of nitrogens with one attached hydrogen (secondary N) is 2. The molecule has 0 radical (unpaired) electrons. The van der Waals surface area contributed by atoms with Gasteiger partial charge in [0.2, 0.25) is 5.91 Å². The minimum atomic E-state index is -0.896. The molecule has 3 aliphatic rings. The van der Waals surface area contributed by atoms with Gasteiger partial charge in [-0.25, -0.2) is 4.79 Å². The SMILES string of the molecule is Cc1ccc(N2CCN(C(=O)CCC3(C4CC4)NC(=O)NC3=O)CC2)cc1Cl. The Hall–Kier alpha value is -2.28. The van der Waals surface area contributed by atoms with Gasteiger partial charge in [-0.1, -0.05) is 17.7 Å². The number of piperazine rings is 1. The van der Waals surface area contributed by atoms with Gasteiger partial charge >= 0.3 is 6.03 Å². The van der Waals surface area contributed by atoms with Gasteiger partial charge in [-0.15, -0.1) is 0 Å². The van der Waals surface area contributed by atoms with Crippen LogP contribution in [0.4, 0.5) is 10.5 Å². The van der Waals surface area contributed by atoms with Crippen LogP contribution in [0.3, 0.4) is 0 Å². The number of carbonyl (C=O) groups excluding carboxylic acids is 3. The van der Waals surface area contributed by atoms with E-state index in [0.29, 0.717) is 19.5 Å². The highest BCUT2D eigenvalue weighted by molar-refractivity contribution is 6.31. The van der Waals surface area contributed by atoms with Crippen LogP contribution in [0, 0.1) is 12.8 Å². The molecule has 28 heavy (non-hydrogen) atoms. The Labute approximate surface area is 169 Å². The lowest BCUT2D eigenvalue weighted by Crippen LogP contribution is -2.51. The molecule has 1 atom stereocenters. The molecule has 1 aromatic carbocycles.